The lowest BCUT2D eigenvalue weighted by molar-refractivity contribution is 0.526. The number of hydrogen-bond donors (Lipinski definition) is 1. The van der Waals surface area contributed by atoms with E-state index in [9.17, 15) is 8.42 Å². The second kappa shape index (κ2) is 6.73. The van der Waals surface area contributed by atoms with E-state index in [-0.39, 0.29) is 11.8 Å². The van der Waals surface area contributed by atoms with Crippen LogP contribution < -0.4 is 5.32 Å². The summed E-state index contributed by atoms with van der Waals surface area (Å²) >= 11 is 6.00. The second-order valence-corrected chi connectivity index (χ2v) is 7.91. The number of benzene rings is 1. The average Bonchev–Trinajstić information content (AvgIpc) is 2.23. The maximum Gasteiger partial charge on any atom is 0.147 e. The third-order valence-corrected chi connectivity index (χ3v) is 4.41. The van der Waals surface area contributed by atoms with Gasteiger partial charge in [0.15, 0.2) is 0 Å². The van der Waals surface area contributed by atoms with Gasteiger partial charge in [0, 0.05) is 23.9 Å². The molecule has 1 unspecified atom stereocenters. The largest absolute Gasteiger partial charge is 0.310 e. The van der Waals surface area contributed by atoms with Gasteiger partial charge in [0.2, 0.25) is 0 Å². The third-order valence-electron chi connectivity index (χ3n) is 3.21. The average molecular weight is 304 g/mol. The zero-order chi connectivity index (χ0) is 14.6. The number of sulfone groups is 1. The quantitative estimate of drug-likeness (QED) is 0.879. The zero-order valence-electron chi connectivity index (χ0n) is 12.0. The van der Waals surface area contributed by atoms with Crippen LogP contribution in [0.15, 0.2) is 12.1 Å². The summed E-state index contributed by atoms with van der Waals surface area (Å²) in [6.07, 6.45) is 1.90. The van der Waals surface area contributed by atoms with Crippen molar-refractivity contribution in [3.05, 3.63) is 33.8 Å². The van der Waals surface area contributed by atoms with Crippen LogP contribution in [0.25, 0.3) is 0 Å². The minimum atomic E-state index is -2.88. The van der Waals surface area contributed by atoms with Gasteiger partial charge >= 0.3 is 0 Å². The van der Waals surface area contributed by atoms with E-state index in [0.717, 1.165) is 22.7 Å². The molecule has 0 aliphatic heterocycles. The molecular formula is C14H22ClNO2S. The Labute approximate surface area is 121 Å². The SMILES string of the molecule is Cc1cc(Cl)cc(C)c1CNC(C)CCS(C)(=O)=O. The summed E-state index contributed by atoms with van der Waals surface area (Å²) in [6.45, 7) is 6.82. The Balaban J connectivity index is 2.58. The molecule has 0 saturated carbocycles. The van der Waals surface area contributed by atoms with E-state index in [1.54, 1.807) is 0 Å². The van der Waals surface area contributed by atoms with Gasteiger partial charge in [-0.2, -0.15) is 0 Å². The lowest BCUT2D eigenvalue weighted by Crippen LogP contribution is -2.28. The summed E-state index contributed by atoms with van der Waals surface area (Å²) in [5, 5.41) is 4.12. The van der Waals surface area contributed by atoms with E-state index < -0.39 is 9.84 Å². The molecule has 5 heteroatoms. The summed E-state index contributed by atoms with van der Waals surface area (Å²) in [5.41, 5.74) is 3.55. The van der Waals surface area contributed by atoms with Crippen molar-refractivity contribution >= 4 is 21.4 Å². The van der Waals surface area contributed by atoms with E-state index >= 15 is 0 Å². The molecule has 0 aromatic heterocycles. The first kappa shape index (κ1) is 16.5. The van der Waals surface area contributed by atoms with Gasteiger partial charge in [-0.15, -0.1) is 0 Å². The fourth-order valence-corrected chi connectivity index (χ4v) is 3.10. The summed E-state index contributed by atoms with van der Waals surface area (Å²) < 4.78 is 22.2. The van der Waals surface area contributed by atoms with E-state index in [1.807, 2.05) is 32.9 Å². The van der Waals surface area contributed by atoms with Crippen LogP contribution in [0.3, 0.4) is 0 Å². The van der Waals surface area contributed by atoms with Crippen LogP contribution in [-0.2, 0) is 16.4 Å². The van der Waals surface area contributed by atoms with Crippen LogP contribution in [-0.4, -0.2) is 26.5 Å². The number of aryl methyl sites for hydroxylation is 2. The van der Waals surface area contributed by atoms with Crippen molar-refractivity contribution in [3.8, 4) is 0 Å². The van der Waals surface area contributed by atoms with Crippen LogP contribution in [0.2, 0.25) is 5.02 Å². The maximum absolute atomic E-state index is 11.1. The summed E-state index contributed by atoms with van der Waals surface area (Å²) in [5.74, 6) is 0.222. The van der Waals surface area contributed by atoms with E-state index in [1.165, 1.54) is 11.8 Å². The lowest BCUT2D eigenvalue weighted by Gasteiger charge is -2.16. The van der Waals surface area contributed by atoms with Crippen molar-refractivity contribution in [2.24, 2.45) is 0 Å². The first-order chi connectivity index (χ1) is 8.69. The highest BCUT2D eigenvalue weighted by Gasteiger charge is 2.09. The van der Waals surface area contributed by atoms with E-state index in [4.69, 9.17) is 11.6 Å². The smallest absolute Gasteiger partial charge is 0.147 e. The van der Waals surface area contributed by atoms with Gasteiger partial charge in [-0.3, -0.25) is 0 Å². The molecule has 1 rings (SSSR count). The monoisotopic (exact) mass is 303 g/mol. The molecule has 0 bridgehead atoms. The summed E-state index contributed by atoms with van der Waals surface area (Å²) in [7, 11) is -2.88. The predicted octanol–water partition coefficient (Wildman–Crippen LogP) is 2.87. The highest BCUT2D eigenvalue weighted by Crippen LogP contribution is 2.20. The number of nitrogens with one attached hydrogen (secondary N) is 1. The topological polar surface area (TPSA) is 46.2 Å². The number of halogens is 1. The Morgan fingerprint density at radius 2 is 1.79 bits per heavy atom. The normalized spacial score (nSPS) is 13.5. The molecule has 0 spiro atoms. The van der Waals surface area contributed by atoms with Crippen LogP contribution >= 0.6 is 11.6 Å². The van der Waals surface area contributed by atoms with Crippen molar-refractivity contribution in [2.45, 2.75) is 39.8 Å². The molecule has 0 aliphatic rings. The highest BCUT2D eigenvalue weighted by atomic mass is 35.5. The van der Waals surface area contributed by atoms with Crippen LogP contribution in [0, 0.1) is 13.8 Å². The lowest BCUT2D eigenvalue weighted by atomic mass is 10.0. The molecular weight excluding hydrogens is 282 g/mol. The first-order valence-electron chi connectivity index (χ1n) is 6.36. The predicted molar refractivity (Wildman–Crippen MR) is 81.6 cm³/mol. The van der Waals surface area contributed by atoms with Gasteiger partial charge in [0.1, 0.15) is 9.84 Å². The maximum atomic E-state index is 11.1. The fourth-order valence-electron chi connectivity index (χ4n) is 1.99. The second-order valence-electron chi connectivity index (χ2n) is 5.22. The highest BCUT2D eigenvalue weighted by molar-refractivity contribution is 7.90. The molecule has 1 aromatic rings. The van der Waals surface area contributed by atoms with Gasteiger partial charge in [-0.25, -0.2) is 8.42 Å². The number of hydrogen-bond acceptors (Lipinski definition) is 3. The minimum absolute atomic E-state index is 0.171. The van der Waals surface area contributed by atoms with Gasteiger partial charge in [0.05, 0.1) is 5.75 Å². The number of rotatable bonds is 6. The Morgan fingerprint density at radius 3 is 2.26 bits per heavy atom. The molecule has 0 saturated heterocycles. The Hall–Kier alpha value is -0.580. The van der Waals surface area contributed by atoms with E-state index in [2.05, 4.69) is 5.32 Å². The van der Waals surface area contributed by atoms with Gasteiger partial charge < -0.3 is 5.32 Å². The molecule has 19 heavy (non-hydrogen) atoms. The molecule has 1 N–H and O–H groups in total. The standard InChI is InChI=1S/C14H22ClNO2S/c1-10-7-13(15)8-11(2)14(10)9-16-12(3)5-6-19(4,17)18/h7-8,12,16H,5-6,9H2,1-4H3. The van der Waals surface area contributed by atoms with Gasteiger partial charge in [-0.05, 0) is 56.0 Å². The zero-order valence-corrected chi connectivity index (χ0v) is 13.5. The molecule has 0 fully saturated rings. The molecule has 0 heterocycles. The van der Waals surface area contributed by atoms with Crippen molar-refractivity contribution in [2.75, 3.05) is 12.0 Å². The molecule has 0 aliphatic carbocycles. The van der Waals surface area contributed by atoms with E-state index in [0.29, 0.717) is 6.42 Å². The molecule has 0 amide bonds. The van der Waals surface area contributed by atoms with Crippen molar-refractivity contribution in [1.82, 2.24) is 5.32 Å². The molecule has 0 radical (unpaired) electrons. The molecule has 1 atom stereocenters. The fraction of sp³-hybridized carbons (Fsp3) is 0.571. The summed E-state index contributed by atoms with van der Waals surface area (Å²) in [4.78, 5) is 0. The van der Waals surface area contributed by atoms with Crippen LogP contribution in [0.5, 0.6) is 0 Å². The van der Waals surface area contributed by atoms with Gasteiger partial charge in [0.25, 0.3) is 0 Å². The Kier molecular flexibility index (Phi) is 5.83. The van der Waals surface area contributed by atoms with Crippen molar-refractivity contribution in [3.63, 3.8) is 0 Å². The minimum Gasteiger partial charge on any atom is -0.310 e. The third kappa shape index (κ3) is 5.93. The van der Waals surface area contributed by atoms with Crippen LogP contribution in [0.1, 0.15) is 30.0 Å². The molecule has 108 valence electrons. The Morgan fingerprint density at radius 1 is 1.26 bits per heavy atom. The van der Waals surface area contributed by atoms with Gasteiger partial charge in [-0.1, -0.05) is 11.6 Å². The first-order valence-corrected chi connectivity index (χ1v) is 8.79. The van der Waals surface area contributed by atoms with Crippen LogP contribution in [0.4, 0.5) is 0 Å². The van der Waals surface area contributed by atoms with Crippen molar-refractivity contribution < 1.29 is 8.42 Å². The Bertz CT molecular complexity index is 517. The van der Waals surface area contributed by atoms with Crippen molar-refractivity contribution in [1.29, 1.82) is 0 Å². The summed E-state index contributed by atoms with van der Waals surface area (Å²) in [6, 6.07) is 4.07. The molecule has 3 nitrogen and oxygen atoms in total. The molecule has 1 aromatic carbocycles.